The largest absolute Gasteiger partial charge is 0.493 e. The second-order valence-electron chi connectivity index (χ2n) is 7.05. The molecular weight excluding hydrogens is 438 g/mol. The number of thioether (sulfide) groups is 1. The van der Waals surface area contributed by atoms with Crippen LogP contribution in [0, 0.1) is 0 Å². The van der Waals surface area contributed by atoms with Gasteiger partial charge in [0.25, 0.3) is 5.91 Å². The van der Waals surface area contributed by atoms with Crippen LogP contribution in [0.1, 0.15) is 6.92 Å². The summed E-state index contributed by atoms with van der Waals surface area (Å²) in [6, 6.07) is 13.5. The lowest BCUT2D eigenvalue weighted by Crippen LogP contribution is -2.36. The number of sulfonamides is 1. The van der Waals surface area contributed by atoms with Gasteiger partial charge in [-0.15, -0.1) is 0 Å². The predicted molar refractivity (Wildman–Crippen MR) is 122 cm³/mol. The van der Waals surface area contributed by atoms with Crippen LogP contribution in [0.3, 0.4) is 0 Å². The maximum absolute atomic E-state index is 12.8. The van der Waals surface area contributed by atoms with E-state index in [2.05, 4.69) is 4.99 Å². The first-order chi connectivity index (χ1) is 14.7. The Kier molecular flexibility index (Phi) is 7.24. The van der Waals surface area contributed by atoms with Crippen molar-refractivity contribution in [2.45, 2.75) is 17.1 Å². The van der Waals surface area contributed by atoms with Crippen LogP contribution < -0.4 is 9.47 Å². The number of ether oxygens (including phenoxy) is 2. The van der Waals surface area contributed by atoms with Gasteiger partial charge in [0, 0.05) is 25.9 Å². The molecule has 8 nitrogen and oxygen atoms in total. The summed E-state index contributed by atoms with van der Waals surface area (Å²) in [7, 11) is 0.919. The molecule has 0 bridgehead atoms. The molecule has 1 amide bonds. The van der Waals surface area contributed by atoms with Gasteiger partial charge in [-0.05, 0) is 30.3 Å². The summed E-state index contributed by atoms with van der Waals surface area (Å²) in [5.74, 6) is 0.796. The first kappa shape index (κ1) is 23.1. The molecule has 1 atom stereocenters. The number of hydrogen-bond acceptors (Lipinski definition) is 7. The summed E-state index contributed by atoms with van der Waals surface area (Å²) < 4.78 is 36.9. The Bertz CT molecular complexity index is 1090. The number of amidine groups is 1. The highest BCUT2D eigenvalue weighted by molar-refractivity contribution is 8.14. The molecule has 0 spiro atoms. The highest BCUT2D eigenvalue weighted by Gasteiger charge is 2.31. The molecule has 2 aromatic carbocycles. The molecule has 1 saturated heterocycles. The van der Waals surface area contributed by atoms with E-state index in [-0.39, 0.29) is 22.7 Å². The fourth-order valence-corrected chi connectivity index (χ4v) is 4.89. The summed E-state index contributed by atoms with van der Waals surface area (Å²) in [5, 5.41) is 0.670. The molecule has 0 aromatic heterocycles. The van der Waals surface area contributed by atoms with Gasteiger partial charge in [-0.3, -0.25) is 9.69 Å². The van der Waals surface area contributed by atoms with Crippen LogP contribution in [-0.4, -0.2) is 68.3 Å². The van der Waals surface area contributed by atoms with Gasteiger partial charge in [0.1, 0.15) is 0 Å². The Labute approximate surface area is 186 Å². The summed E-state index contributed by atoms with van der Waals surface area (Å²) >= 11 is 1.46. The number of amides is 1. The molecular formula is C21H25N3O5S2. The van der Waals surface area contributed by atoms with E-state index in [0.717, 1.165) is 4.31 Å². The maximum atomic E-state index is 12.8. The molecule has 1 heterocycles. The van der Waals surface area contributed by atoms with E-state index >= 15 is 0 Å². The minimum atomic E-state index is -3.57. The Morgan fingerprint density at radius 2 is 1.90 bits per heavy atom. The third-order valence-electron chi connectivity index (χ3n) is 4.52. The van der Waals surface area contributed by atoms with E-state index < -0.39 is 10.0 Å². The zero-order chi connectivity index (χ0) is 22.6. The molecule has 1 aliphatic heterocycles. The molecule has 31 heavy (non-hydrogen) atoms. The number of nitrogens with zero attached hydrogens (tertiary/aromatic N) is 3. The third kappa shape index (κ3) is 5.38. The van der Waals surface area contributed by atoms with Crippen molar-refractivity contribution in [3.05, 3.63) is 48.5 Å². The zero-order valence-electron chi connectivity index (χ0n) is 17.8. The van der Waals surface area contributed by atoms with Gasteiger partial charge in [-0.2, -0.15) is 0 Å². The molecule has 1 aliphatic rings. The lowest BCUT2D eigenvalue weighted by Gasteiger charge is -2.17. The molecule has 166 valence electrons. The van der Waals surface area contributed by atoms with Gasteiger partial charge >= 0.3 is 0 Å². The highest BCUT2D eigenvalue weighted by Crippen LogP contribution is 2.30. The van der Waals surface area contributed by atoms with Crippen molar-refractivity contribution in [2.75, 3.05) is 34.4 Å². The van der Waals surface area contributed by atoms with E-state index in [1.54, 1.807) is 35.2 Å². The van der Waals surface area contributed by atoms with Gasteiger partial charge < -0.3 is 9.47 Å². The predicted octanol–water partition coefficient (Wildman–Crippen LogP) is 2.98. The van der Waals surface area contributed by atoms with Crippen LogP contribution in [0.2, 0.25) is 0 Å². The van der Waals surface area contributed by atoms with Gasteiger partial charge in [0.15, 0.2) is 23.3 Å². The topological polar surface area (TPSA) is 88.5 Å². The normalized spacial score (nSPS) is 17.9. The van der Waals surface area contributed by atoms with Crippen LogP contribution in [0.25, 0.3) is 0 Å². The van der Waals surface area contributed by atoms with Crippen LogP contribution in [-0.2, 0) is 14.8 Å². The van der Waals surface area contributed by atoms with Crippen molar-refractivity contribution in [3.63, 3.8) is 0 Å². The Balaban J connectivity index is 1.79. The zero-order valence-corrected chi connectivity index (χ0v) is 19.4. The number of benzene rings is 2. The smallest absolute Gasteiger partial charge is 0.266 e. The molecule has 10 heteroatoms. The molecule has 1 fully saturated rings. The summed E-state index contributed by atoms with van der Waals surface area (Å²) in [4.78, 5) is 19.1. The van der Waals surface area contributed by atoms with Crippen molar-refractivity contribution in [1.29, 1.82) is 0 Å². The number of para-hydroxylation sites is 2. The van der Waals surface area contributed by atoms with E-state index in [0.29, 0.717) is 28.9 Å². The van der Waals surface area contributed by atoms with Crippen LogP contribution in [0.15, 0.2) is 58.4 Å². The molecule has 2 aromatic rings. The van der Waals surface area contributed by atoms with E-state index in [9.17, 15) is 13.2 Å². The van der Waals surface area contributed by atoms with Gasteiger partial charge in [0.2, 0.25) is 10.0 Å². The number of aliphatic imine (C=N–C) groups is 1. The second kappa shape index (κ2) is 9.71. The lowest BCUT2D eigenvalue weighted by atomic mass is 10.3. The minimum Gasteiger partial charge on any atom is -0.493 e. The maximum Gasteiger partial charge on any atom is 0.266 e. The minimum absolute atomic E-state index is 0.146. The van der Waals surface area contributed by atoms with Gasteiger partial charge in [-0.1, -0.05) is 36.9 Å². The van der Waals surface area contributed by atoms with E-state index in [1.807, 2.05) is 13.0 Å². The summed E-state index contributed by atoms with van der Waals surface area (Å²) in [6.07, 6.45) is 0. The first-order valence-electron chi connectivity index (χ1n) is 9.56. The monoisotopic (exact) mass is 463 g/mol. The Morgan fingerprint density at radius 3 is 2.58 bits per heavy atom. The number of rotatable bonds is 7. The molecule has 3 rings (SSSR count). The number of carbonyl (C=O) groups is 1. The fourth-order valence-electron chi connectivity index (χ4n) is 2.90. The molecule has 0 unspecified atom stereocenters. The van der Waals surface area contributed by atoms with Gasteiger partial charge in [-0.25, -0.2) is 17.7 Å². The quantitative estimate of drug-likeness (QED) is 0.627. The number of hydrogen-bond donors (Lipinski definition) is 0. The van der Waals surface area contributed by atoms with Crippen molar-refractivity contribution >= 4 is 38.5 Å². The number of methoxy groups -OCH3 is 1. The average Bonchev–Trinajstić information content (AvgIpc) is 3.12. The SMILES string of the molecule is COc1ccccc1OCC(=O)N1C[C@H](C)SC1=Nc1cccc(S(=O)(=O)N(C)C)c1. The first-order valence-corrected chi connectivity index (χ1v) is 11.9. The molecule has 0 aliphatic carbocycles. The third-order valence-corrected chi connectivity index (χ3v) is 7.40. The van der Waals surface area contributed by atoms with Crippen molar-refractivity contribution in [2.24, 2.45) is 4.99 Å². The van der Waals surface area contributed by atoms with Crippen molar-refractivity contribution in [3.8, 4) is 11.5 Å². The Morgan fingerprint density at radius 1 is 1.19 bits per heavy atom. The van der Waals surface area contributed by atoms with Crippen LogP contribution in [0.5, 0.6) is 11.5 Å². The van der Waals surface area contributed by atoms with Gasteiger partial charge in [0.05, 0.1) is 17.7 Å². The van der Waals surface area contributed by atoms with Crippen LogP contribution in [0.4, 0.5) is 5.69 Å². The number of carbonyl (C=O) groups excluding carboxylic acids is 1. The lowest BCUT2D eigenvalue weighted by molar-refractivity contribution is -0.129. The van der Waals surface area contributed by atoms with Crippen molar-refractivity contribution in [1.82, 2.24) is 9.21 Å². The van der Waals surface area contributed by atoms with Crippen LogP contribution >= 0.6 is 11.8 Å². The van der Waals surface area contributed by atoms with E-state index in [1.165, 1.54) is 45.1 Å². The Hall–Kier alpha value is -2.56. The van der Waals surface area contributed by atoms with E-state index in [4.69, 9.17) is 9.47 Å². The molecule has 0 radical (unpaired) electrons. The highest BCUT2D eigenvalue weighted by atomic mass is 32.2. The molecule has 0 saturated carbocycles. The fraction of sp³-hybridized carbons (Fsp3) is 0.333. The average molecular weight is 464 g/mol. The molecule has 0 N–H and O–H groups in total. The summed E-state index contributed by atoms with van der Waals surface area (Å²) in [6.45, 7) is 2.33. The standard InChI is InChI=1S/C21H25N3O5S2/c1-15-13-24(20(25)14-29-19-11-6-5-10-18(19)28-4)21(30-15)22-16-8-7-9-17(12-16)31(26,27)23(2)3/h5-12,15H,13-14H2,1-4H3/t15-/m0/s1. The van der Waals surface area contributed by atoms with Crippen molar-refractivity contribution < 1.29 is 22.7 Å². The summed E-state index contributed by atoms with van der Waals surface area (Å²) in [5.41, 5.74) is 0.461. The second-order valence-corrected chi connectivity index (χ2v) is 10.6.